The summed E-state index contributed by atoms with van der Waals surface area (Å²) in [6.45, 7) is 7.22. The van der Waals surface area contributed by atoms with Crippen LogP contribution >= 0.6 is 0 Å². The lowest BCUT2D eigenvalue weighted by Gasteiger charge is -2.52. The van der Waals surface area contributed by atoms with Gasteiger partial charge in [-0.05, 0) is 74.7 Å². The van der Waals surface area contributed by atoms with Crippen LogP contribution in [0.2, 0.25) is 0 Å². The van der Waals surface area contributed by atoms with Gasteiger partial charge in [0.1, 0.15) is 17.2 Å². The predicted octanol–water partition coefficient (Wildman–Crippen LogP) is 18.3. The quantitative estimate of drug-likeness (QED) is 0.0308. The Morgan fingerprint density at radius 3 is 0.987 bits per heavy atom. The standard InChI is InChI=1S/C40H43BF18NO4.C8H3F6/c1-6-10-13-60(14-11-7-2,15-12-8-3)34(5,61-9-4)33-31(40(57,58)59)22-28(39(54,55)56)23-32(33)64-41(62-29-18-24(35(42,43)44)16-25(19-29)36(45,46)47)63-30-20-26(37(48,49)50)17-27(21-30)38(51,52)53;9-7(10,11)5-2-1-3-6(4-5)8(12,13)14/h16-23H,6-15H2,1-5H3;2-4H/q+1;-1. The minimum Gasteiger partial charge on any atom is -0.490 e. The minimum atomic E-state index is -5.74. The van der Waals surface area contributed by atoms with E-state index in [1.54, 1.807) is 26.8 Å². The van der Waals surface area contributed by atoms with E-state index in [2.05, 4.69) is 0 Å². The van der Waals surface area contributed by atoms with Crippen molar-refractivity contribution in [2.24, 2.45) is 0 Å². The van der Waals surface area contributed by atoms with E-state index in [4.69, 9.17) is 18.7 Å². The van der Waals surface area contributed by atoms with Crippen molar-refractivity contribution in [1.82, 2.24) is 0 Å². The van der Waals surface area contributed by atoms with Crippen LogP contribution in [0.25, 0.3) is 0 Å². The second kappa shape index (κ2) is 24.9. The highest BCUT2D eigenvalue weighted by Gasteiger charge is 2.56. The zero-order valence-corrected chi connectivity index (χ0v) is 41.2. The highest BCUT2D eigenvalue weighted by atomic mass is 19.4. The first-order valence-electron chi connectivity index (χ1n) is 22.9. The van der Waals surface area contributed by atoms with Crippen molar-refractivity contribution in [3.63, 3.8) is 0 Å². The summed E-state index contributed by atoms with van der Waals surface area (Å²) in [7, 11) is -3.34. The molecule has 0 amide bonds. The maximum Gasteiger partial charge on any atom is 0.864 e. The van der Waals surface area contributed by atoms with Crippen molar-refractivity contribution in [3.8, 4) is 17.2 Å². The highest BCUT2D eigenvalue weighted by molar-refractivity contribution is 6.39. The van der Waals surface area contributed by atoms with Crippen molar-refractivity contribution in [3.05, 3.63) is 123 Å². The molecule has 5 nitrogen and oxygen atoms in total. The van der Waals surface area contributed by atoms with Crippen LogP contribution in [0, 0.1) is 6.07 Å². The molecular weight excluding hydrogens is 1120 g/mol. The third-order valence-electron chi connectivity index (χ3n) is 11.6. The predicted molar refractivity (Wildman–Crippen MR) is 231 cm³/mol. The normalized spacial score (nSPS) is 14.1. The number of hydrogen-bond donors (Lipinski definition) is 0. The number of hydrogen-bond acceptors (Lipinski definition) is 4. The van der Waals surface area contributed by atoms with Crippen LogP contribution in [0.3, 0.4) is 0 Å². The van der Waals surface area contributed by atoms with E-state index >= 15 is 13.2 Å². The van der Waals surface area contributed by atoms with E-state index in [9.17, 15) is 92.2 Å². The molecule has 438 valence electrons. The van der Waals surface area contributed by atoms with Crippen molar-refractivity contribution in [1.29, 1.82) is 0 Å². The summed E-state index contributed by atoms with van der Waals surface area (Å²) in [5.41, 5.74) is -19.0. The number of quaternary nitrogens is 1. The van der Waals surface area contributed by atoms with Crippen LogP contribution in [0.5, 0.6) is 17.2 Å². The summed E-state index contributed by atoms with van der Waals surface area (Å²) in [5.74, 6) is -4.78. The van der Waals surface area contributed by atoms with Crippen LogP contribution in [0.4, 0.5) is 105 Å². The number of unbranched alkanes of at least 4 members (excludes halogenated alkanes) is 3. The Kier molecular flexibility index (Phi) is 21.4. The molecule has 0 radical (unpaired) electrons. The fourth-order valence-corrected chi connectivity index (χ4v) is 7.85. The molecule has 0 N–H and O–H groups in total. The first-order chi connectivity index (χ1) is 35.4. The average Bonchev–Trinajstić information content (AvgIpc) is 3.29. The van der Waals surface area contributed by atoms with Crippen molar-refractivity contribution in [2.75, 3.05) is 26.2 Å². The van der Waals surface area contributed by atoms with E-state index < -0.39 is 153 Å². The molecule has 0 aliphatic carbocycles. The van der Waals surface area contributed by atoms with E-state index in [1.165, 1.54) is 6.92 Å². The number of ether oxygens (including phenoxy) is 1. The van der Waals surface area contributed by atoms with Crippen LogP contribution in [-0.2, 0) is 59.9 Å². The molecule has 30 heteroatoms. The van der Waals surface area contributed by atoms with Gasteiger partial charge in [-0.15, -0.1) is 6.07 Å². The van der Waals surface area contributed by atoms with Gasteiger partial charge in [-0.3, -0.25) is 4.48 Å². The zero-order valence-electron chi connectivity index (χ0n) is 41.2. The summed E-state index contributed by atoms with van der Waals surface area (Å²) >= 11 is 0. The molecule has 1 unspecified atom stereocenters. The molecule has 0 saturated heterocycles. The van der Waals surface area contributed by atoms with Gasteiger partial charge in [-0.1, -0.05) is 51.2 Å². The molecule has 0 fully saturated rings. The summed E-state index contributed by atoms with van der Waals surface area (Å²) < 4.78 is 350. The van der Waals surface area contributed by atoms with Gasteiger partial charge in [0, 0.05) is 6.92 Å². The second-order valence-electron chi connectivity index (χ2n) is 17.3. The van der Waals surface area contributed by atoms with Gasteiger partial charge in [-0.2, -0.15) is 124 Å². The van der Waals surface area contributed by atoms with Crippen LogP contribution < -0.4 is 14.0 Å². The molecule has 0 heterocycles. The lowest BCUT2D eigenvalue weighted by atomic mass is 9.89. The Labute approximate surface area is 430 Å². The van der Waals surface area contributed by atoms with Crippen molar-refractivity contribution >= 4 is 7.32 Å². The van der Waals surface area contributed by atoms with Gasteiger partial charge < -0.3 is 18.7 Å². The van der Waals surface area contributed by atoms with Crippen molar-refractivity contribution in [2.45, 2.75) is 128 Å². The largest absolute Gasteiger partial charge is 0.864 e. The van der Waals surface area contributed by atoms with E-state index in [1.807, 2.05) is 0 Å². The molecule has 4 rings (SSSR count). The monoisotopic (exact) mass is 1170 g/mol. The third-order valence-corrected chi connectivity index (χ3v) is 11.6. The van der Waals surface area contributed by atoms with Crippen molar-refractivity contribution < 1.29 is 129 Å². The maximum atomic E-state index is 15.4. The summed E-state index contributed by atoms with van der Waals surface area (Å²) in [6.07, 6.45) is -41.2. The SMILES string of the molecule is CCCC[N+](CCCC)(CCCC)C(C)(OCC)c1c(OB(Oc2cc(C(F)(F)F)cc(C(F)(F)F)c2)Oc2cc(C(F)(F)F)cc(C(F)(F)F)c2)cc(C(F)(F)F)cc1C(F)(F)F.FC(F)(F)c1c[c-]cc(C(F)(F)F)c1. The number of alkyl halides is 24. The van der Waals surface area contributed by atoms with Gasteiger partial charge in [0.2, 0.25) is 5.72 Å². The lowest BCUT2D eigenvalue weighted by molar-refractivity contribution is -1.01. The second-order valence-corrected chi connectivity index (χ2v) is 17.3. The fourth-order valence-electron chi connectivity index (χ4n) is 7.85. The number of halogens is 24. The van der Waals surface area contributed by atoms with Gasteiger partial charge in [-0.25, -0.2) is 0 Å². The topological polar surface area (TPSA) is 36.9 Å². The van der Waals surface area contributed by atoms with E-state index in [0.717, 1.165) is 6.92 Å². The lowest BCUT2D eigenvalue weighted by Crippen LogP contribution is -2.64. The fraction of sp³-hybridized carbons (Fsp3) is 0.500. The number of benzene rings is 4. The molecule has 4 aromatic rings. The van der Waals surface area contributed by atoms with Gasteiger partial charge in [0.25, 0.3) is 0 Å². The molecule has 78 heavy (non-hydrogen) atoms. The Hall–Kier alpha value is -5.42. The molecule has 0 bridgehead atoms. The zero-order chi connectivity index (χ0) is 59.9. The molecule has 0 aliphatic heterocycles. The Bertz CT molecular complexity index is 2390. The van der Waals surface area contributed by atoms with E-state index in [0.29, 0.717) is 31.4 Å². The summed E-state index contributed by atoms with van der Waals surface area (Å²) in [5, 5.41) is 0. The van der Waals surface area contributed by atoms with Crippen LogP contribution in [0.15, 0.2) is 66.7 Å². The molecule has 0 saturated carbocycles. The average molecular weight is 1170 g/mol. The smallest absolute Gasteiger partial charge is 0.490 e. The van der Waals surface area contributed by atoms with Gasteiger partial charge >= 0.3 is 56.7 Å². The minimum absolute atomic E-state index is 0.0100. The molecule has 0 spiro atoms. The summed E-state index contributed by atoms with van der Waals surface area (Å²) in [6, 6.07) is 0.946. The highest BCUT2D eigenvalue weighted by Crippen LogP contribution is 2.51. The van der Waals surface area contributed by atoms with Gasteiger partial charge in [0.05, 0.1) is 65.2 Å². The number of rotatable bonds is 19. The Balaban J connectivity index is 0.000000987. The number of nitrogens with zero attached hydrogens (tertiary/aromatic N) is 1. The van der Waals surface area contributed by atoms with Crippen LogP contribution in [-0.4, -0.2) is 38.0 Å². The molecule has 4 aromatic carbocycles. The third kappa shape index (κ3) is 17.8. The first kappa shape index (κ1) is 66.9. The van der Waals surface area contributed by atoms with Gasteiger partial charge in [0.15, 0.2) is 0 Å². The molecule has 0 aliphatic rings. The molecule has 0 aromatic heterocycles. The van der Waals surface area contributed by atoms with E-state index in [-0.39, 0.29) is 81.4 Å². The Morgan fingerprint density at radius 2 is 0.705 bits per heavy atom. The van der Waals surface area contributed by atoms with Crippen LogP contribution in [0.1, 0.15) is 123 Å². The summed E-state index contributed by atoms with van der Waals surface area (Å²) in [4.78, 5) is 0. The maximum absolute atomic E-state index is 15.4. The Morgan fingerprint density at radius 1 is 0.397 bits per heavy atom. The molecule has 1 atom stereocenters. The first-order valence-corrected chi connectivity index (χ1v) is 22.9. The molecular formula is C48H46BF24NO4.